The minimum absolute atomic E-state index is 0.508. The standard InChI is InChI=1S/C21H22N8.C2H4O/c1-27-10-12-28(13-11-27)16-5-6-19(23-14-16)26-21-22-8-7-17(25-21)18-15-24-20-4-2-3-9-29(18)20;1-2-3/h2-9,14-15H,10-13H2,1H3,(H,22,23,25,26);2H,1H3. The van der Waals surface area contributed by atoms with Crippen LogP contribution in [0.1, 0.15) is 6.92 Å². The Hall–Kier alpha value is -3.85. The smallest absolute Gasteiger partial charge is 0.228 e. The highest BCUT2D eigenvalue weighted by Gasteiger charge is 2.14. The van der Waals surface area contributed by atoms with Gasteiger partial charge in [0.2, 0.25) is 5.95 Å². The van der Waals surface area contributed by atoms with Gasteiger partial charge in [0, 0.05) is 38.6 Å². The lowest BCUT2D eigenvalue weighted by atomic mass is 10.3. The number of carbonyl (C=O) groups is 1. The van der Waals surface area contributed by atoms with Crippen LogP contribution >= 0.6 is 0 Å². The zero-order valence-corrected chi connectivity index (χ0v) is 18.2. The van der Waals surface area contributed by atoms with Crippen molar-refractivity contribution in [3.8, 4) is 11.4 Å². The molecule has 0 saturated carbocycles. The molecular weight excluding hydrogens is 404 g/mol. The zero-order valence-electron chi connectivity index (χ0n) is 18.2. The SMILES string of the molecule is CC=O.CN1CCN(c2ccc(Nc3nccc(-c4cnc5ccccn45)n3)nc2)CC1. The van der Waals surface area contributed by atoms with Gasteiger partial charge >= 0.3 is 0 Å². The van der Waals surface area contributed by atoms with Crippen molar-refractivity contribution >= 4 is 29.4 Å². The lowest BCUT2D eigenvalue weighted by molar-refractivity contribution is -0.106. The largest absolute Gasteiger partial charge is 0.368 e. The van der Waals surface area contributed by atoms with Gasteiger partial charge in [-0.1, -0.05) is 6.07 Å². The summed E-state index contributed by atoms with van der Waals surface area (Å²) in [4.78, 5) is 31.5. The molecule has 9 heteroatoms. The Morgan fingerprint density at radius 2 is 1.78 bits per heavy atom. The van der Waals surface area contributed by atoms with Crippen LogP contribution in [0.25, 0.3) is 17.0 Å². The van der Waals surface area contributed by atoms with Gasteiger partial charge in [-0.2, -0.15) is 0 Å². The Morgan fingerprint density at radius 1 is 0.969 bits per heavy atom. The summed E-state index contributed by atoms with van der Waals surface area (Å²) in [5, 5.41) is 3.20. The van der Waals surface area contributed by atoms with Gasteiger partial charge in [0.05, 0.1) is 29.5 Å². The maximum Gasteiger partial charge on any atom is 0.228 e. The lowest BCUT2D eigenvalue weighted by Gasteiger charge is -2.33. The molecule has 164 valence electrons. The number of anilines is 3. The molecule has 1 aliphatic heterocycles. The number of likely N-dealkylation sites (N-methyl/N-ethyl adjacent to an activating group) is 1. The van der Waals surface area contributed by atoms with Crippen molar-refractivity contribution in [3.63, 3.8) is 0 Å². The van der Waals surface area contributed by atoms with Crippen LogP contribution in [0.4, 0.5) is 17.5 Å². The third-order valence-corrected chi connectivity index (χ3v) is 5.19. The minimum Gasteiger partial charge on any atom is -0.368 e. The maximum atomic E-state index is 8.81. The van der Waals surface area contributed by atoms with Crippen LogP contribution in [0.5, 0.6) is 0 Å². The van der Waals surface area contributed by atoms with E-state index < -0.39 is 0 Å². The van der Waals surface area contributed by atoms with Crippen LogP contribution in [-0.2, 0) is 4.79 Å². The van der Waals surface area contributed by atoms with Crippen molar-refractivity contribution in [1.82, 2.24) is 29.2 Å². The van der Waals surface area contributed by atoms with E-state index in [9.17, 15) is 0 Å². The van der Waals surface area contributed by atoms with Crippen LogP contribution in [0.15, 0.2) is 61.2 Å². The highest BCUT2D eigenvalue weighted by molar-refractivity contribution is 5.62. The predicted molar refractivity (Wildman–Crippen MR) is 125 cm³/mol. The van der Waals surface area contributed by atoms with E-state index >= 15 is 0 Å². The molecule has 32 heavy (non-hydrogen) atoms. The summed E-state index contributed by atoms with van der Waals surface area (Å²) in [6.07, 6.45) is 8.20. The van der Waals surface area contributed by atoms with Gasteiger partial charge in [-0.15, -0.1) is 0 Å². The number of rotatable bonds is 4. The Kier molecular flexibility index (Phi) is 6.66. The highest BCUT2D eigenvalue weighted by Crippen LogP contribution is 2.21. The second kappa shape index (κ2) is 9.97. The number of hydrogen-bond acceptors (Lipinski definition) is 8. The Balaban J connectivity index is 0.000000775. The topological polar surface area (TPSA) is 91.6 Å². The van der Waals surface area contributed by atoms with Crippen LogP contribution in [0, 0.1) is 0 Å². The van der Waals surface area contributed by atoms with Gasteiger partial charge < -0.3 is 19.9 Å². The molecule has 0 bridgehead atoms. The van der Waals surface area contributed by atoms with E-state index in [0.29, 0.717) is 5.95 Å². The molecule has 0 spiro atoms. The first-order chi connectivity index (χ1) is 15.7. The molecule has 0 amide bonds. The molecule has 4 aromatic heterocycles. The van der Waals surface area contributed by atoms with Crippen molar-refractivity contribution < 1.29 is 4.79 Å². The maximum absolute atomic E-state index is 8.81. The van der Waals surface area contributed by atoms with E-state index in [-0.39, 0.29) is 0 Å². The summed E-state index contributed by atoms with van der Waals surface area (Å²) in [5.41, 5.74) is 3.75. The number of pyridine rings is 2. The second-order valence-corrected chi connectivity index (χ2v) is 7.39. The fourth-order valence-corrected chi connectivity index (χ4v) is 3.51. The van der Waals surface area contributed by atoms with E-state index in [1.54, 1.807) is 6.20 Å². The third-order valence-electron chi connectivity index (χ3n) is 5.19. The first-order valence-electron chi connectivity index (χ1n) is 10.5. The quantitative estimate of drug-likeness (QED) is 0.494. The molecule has 0 aliphatic carbocycles. The molecular formula is C23H26N8O. The number of piperazine rings is 1. The van der Waals surface area contributed by atoms with Crippen molar-refractivity contribution in [2.45, 2.75) is 6.92 Å². The van der Waals surface area contributed by atoms with Crippen molar-refractivity contribution in [1.29, 1.82) is 0 Å². The molecule has 0 radical (unpaired) electrons. The molecule has 5 heterocycles. The molecule has 1 N–H and O–H groups in total. The average Bonchev–Trinajstić information content (AvgIpc) is 3.25. The zero-order chi connectivity index (χ0) is 22.3. The summed E-state index contributed by atoms with van der Waals surface area (Å²) in [7, 11) is 2.16. The van der Waals surface area contributed by atoms with Crippen LogP contribution < -0.4 is 10.2 Å². The third kappa shape index (κ3) is 4.89. The molecule has 0 atom stereocenters. The number of nitrogens with one attached hydrogen (secondary N) is 1. The normalized spacial score (nSPS) is 14.0. The van der Waals surface area contributed by atoms with E-state index in [2.05, 4.69) is 48.2 Å². The minimum atomic E-state index is 0.508. The molecule has 0 aromatic carbocycles. The van der Waals surface area contributed by atoms with E-state index in [0.717, 1.165) is 61.0 Å². The number of aldehydes is 1. The van der Waals surface area contributed by atoms with Gasteiger partial charge in [0.25, 0.3) is 0 Å². The number of carbonyl (C=O) groups excluding carboxylic acids is 1. The Labute approximate surface area is 186 Å². The molecule has 0 unspecified atom stereocenters. The molecule has 5 rings (SSSR count). The fraction of sp³-hybridized carbons (Fsp3) is 0.261. The van der Waals surface area contributed by atoms with Crippen molar-refractivity contribution in [2.24, 2.45) is 0 Å². The van der Waals surface area contributed by atoms with Gasteiger partial charge in [0.15, 0.2) is 0 Å². The van der Waals surface area contributed by atoms with Crippen LogP contribution in [-0.4, -0.2) is 68.7 Å². The molecule has 1 fully saturated rings. The van der Waals surface area contributed by atoms with E-state index in [4.69, 9.17) is 4.79 Å². The monoisotopic (exact) mass is 430 g/mol. The second-order valence-electron chi connectivity index (χ2n) is 7.39. The van der Waals surface area contributed by atoms with Gasteiger partial charge in [0.1, 0.15) is 17.8 Å². The summed E-state index contributed by atoms with van der Waals surface area (Å²) in [6, 6.07) is 11.9. The molecule has 1 saturated heterocycles. The van der Waals surface area contributed by atoms with Gasteiger partial charge in [-0.3, -0.25) is 4.40 Å². The first-order valence-corrected chi connectivity index (χ1v) is 10.5. The number of aromatic nitrogens is 5. The number of fused-ring (bicyclic) bond motifs is 1. The molecule has 9 nitrogen and oxygen atoms in total. The van der Waals surface area contributed by atoms with Crippen LogP contribution in [0.2, 0.25) is 0 Å². The first kappa shape index (κ1) is 21.4. The van der Waals surface area contributed by atoms with E-state index in [1.807, 2.05) is 53.3 Å². The highest BCUT2D eigenvalue weighted by atomic mass is 16.1. The van der Waals surface area contributed by atoms with Crippen LogP contribution in [0.3, 0.4) is 0 Å². The fourth-order valence-electron chi connectivity index (χ4n) is 3.51. The van der Waals surface area contributed by atoms with Gasteiger partial charge in [-0.25, -0.2) is 19.9 Å². The number of nitrogens with zero attached hydrogens (tertiary/aromatic N) is 7. The summed E-state index contributed by atoms with van der Waals surface area (Å²) in [6.45, 7) is 5.64. The van der Waals surface area contributed by atoms with Crippen molar-refractivity contribution in [2.75, 3.05) is 43.4 Å². The Bertz CT molecular complexity index is 1170. The number of imidazole rings is 1. The predicted octanol–water partition coefficient (Wildman–Crippen LogP) is 2.89. The summed E-state index contributed by atoms with van der Waals surface area (Å²) >= 11 is 0. The van der Waals surface area contributed by atoms with Crippen molar-refractivity contribution in [3.05, 3.63) is 61.2 Å². The number of hydrogen-bond donors (Lipinski definition) is 1. The van der Waals surface area contributed by atoms with Gasteiger partial charge in [-0.05, 0) is 44.3 Å². The molecule has 4 aromatic rings. The summed E-state index contributed by atoms with van der Waals surface area (Å²) < 4.78 is 2.01. The average molecular weight is 431 g/mol. The molecule has 1 aliphatic rings. The summed E-state index contributed by atoms with van der Waals surface area (Å²) in [5.74, 6) is 1.23. The Morgan fingerprint density at radius 3 is 2.53 bits per heavy atom. The lowest BCUT2D eigenvalue weighted by Crippen LogP contribution is -2.44. The van der Waals surface area contributed by atoms with E-state index in [1.165, 1.54) is 6.92 Å².